The van der Waals surface area contributed by atoms with E-state index in [2.05, 4.69) is 4.98 Å². The number of alkyl halides is 3. The zero-order valence-electron chi connectivity index (χ0n) is 7.71. The Labute approximate surface area is 87.5 Å². The Morgan fingerprint density at radius 3 is 2.67 bits per heavy atom. The quantitative estimate of drug-likeness (QED) is 0.847. The molecule has 0 saturated heterocycles. The van der Waals surface area contributed by atoms with Crippen molar-refractivity contribution in [2.45, 2.75) is 6.18 Å². The van der Waals surface area contributed by atoms with Crippen LogP contribution in [0, 0.1) is 0 Å². The van der Waals surface area contributed by atoms with Crippen molar-refractivity contribution >= 4 is 22.4 Å². The molecule has 1 rings (SSSR count). The number of nitrogen functional groups attached to an aromatic ring is 1. The summed E-state index contributed by atoms with van der Waals surface area (Å²) < 4.78 is 35.9. The second-order valence-electron chi connectivity index (χ2n) is 2.85. The van der Waals surface area contributed by atoms with E-state index in [4.69, 9.17) is 5.73 Å². The zero-order valence-corrected chi connectivity index (χ0v) is 8.52. The Kier molecular flexibility index (Phi) is 3.18. The number of carbonyl (C=O) groups is 1. The van der Waals surface area contributed by atoms with Crippen molar-refractivity contribution in [2.75, 3.05) is 19.3 Å². The van der Waals surface area contributed by atoms with Crippen LogP contribution in [0.3, 0.4) is 0 Å². The van der Waals surface area contributed by atoms with Crippen molar-refractivity contribution in [3.63, 3.8) is 0 Å². The first kappa shape index (κ1) is 11.8. The third kappa shape index (κ3) is 3.39. The molecule has 0 fully saturated rings. The van der Waals surface area contributed by atoms with Crippen LogP contribution in [0.5, 0.6) is 0 Å². The van der Waals surface area contributed by atoms with Gasteiger partial charge in [0.15, 0.2) is 5.13 Å². The number of hydrogen-bond donors (Lipinski definition) is 1. The summed E-state index contributed by atoms with van der Waals surface area (Å²) in [6.07, 6.45) is -4.41. The highest BCUT2D eigenvalue weighted by Gasteiger charge is 2.32. The Morgan fingerprint density at radius 2 is 2.27 bits per heavy atom. The monoisotopic (exact) mass is 239 g/mol. The number of hydrogen-bond acceptors (Lipinski definition) is 4. The first-order valence-corrected chi connectivity index (χ1v) is 4.71. The molecule has 1 aromatic rings. The van der Waals surface area contributed by atoms with Crippen molar-refractivity contribution < 1.29 is 18.0 Å². The molecule has 8 heteroatoms. The van der Waals surface area contributed by atoms with E-state index < -0.39 is 18.6 Å². The summed E-state index contributed by atoms with van der Waals surface area (Å²) in [5.41, 5.74) is 5.19. The molecule has 0 radical (unpaired) electrons. The van der Waals surface area contributed by atoms with Gasteiger partial charge in [0, 0.05) is 12.4 Å². The Balaban J connectivity index is 2.69. The van der Waals surface area contributed by atoms with E-state index in [9.17, 15) is 18.0 Å². The molecule has 1 amide bonds. The maximum Gasteiger partial charge on any atom is 0.406 e. The van der Waals surface area contributed by atoms with Gasteiger partial charge in [0.05, 0.1) is 0 Å². The van der Waals surface area contributed by atoms with Gasteiger partial charge in [-0.2, -0.15) is 13.2 Å². The predicted molar refractivity (Wildman–Crippen MR) is 49.5 cm³/mol. The number of nitrogens with zero attached hydrogens (tertiary/aromatic N) is 2. The normalized spacial score (nSPS) is 11.5. The average molecular weight is 239 g/mol. The van der Waals surface area contributed by atoms with Gasteiger partial charge in [-0.15, -0.1) is 11.3 Å². The molecule has 0 unspecified atom stereocenters. The van der Waals surface area contributed by atoms with Gasteiger partial charge in [-0.25, -0.2) is 4.98 Å². The Hall–Kier alpha value is -1.31. The smallest absolute Gasteiger partial charge is 0.375 e. The molecule has 0 saturated carbocycles. The maximum absolute atomic E-state index is 12.0. The second kappa shape index (κ2) is 4.05. The molecule has 0 atom stereocenters. The molecule has 84 valence electrons. The molecule has 1 aromatic heterocycles. The molecule has 0 bridgehead atoms. The molecule has 0 aliphatic rings. The van der Waals surface area contributed by atoms with Crippen molar-refractivity contribution in [1.29, 1.82) is 0 Å². The van der Waals surface area contributed by atoms with Gasteiger partial charge in [0.25, 0.3) is 5.91 Å². The SMILES string of the molecule is CN(CC(F)(F)F)C(=O)c1csc(N)n1. The summed E-state index contributed by atoms with van der Waals surface area (Å²) in [4.78, 5) is 15.5. The fourth-order valence-electron chi connectivity index (χ4n) is 0.922. The van der Waals surface area contributed by atoms with Crippen LogP contribution in [0.2, 0.25) is 0 Å². The van der Waals surface area contributed by atoms with Crippen molar-refractivity contribution in [3.05, 3.63) is 11.1 Å². The van der Waals surface area contributed by atoms with Crippen LogP contribution in [-0.4, -0.2) is 35.6 Å². The van der Waals surface area contributed by atoms with Gasteiger partial charge in [0.2, 0.25) is 0 Å². The van der Waals surface area contributed by atoms with Crippen LogP contribution in [-0.2, 0) is 0 Å². The fourth-order valence-corrected chi connectivity index (χ4v) is 1.46. The summed E-state index contributed by atoms with van der Waals surface area (Å²) in [6.45, 7) is -1.30. The van der Waals surface area contributed by atoms with Gasteiger partial charge in [-0.05, 0) is 0 Å². The maximum atomic E-state index is 12.0. The van der Waals surface area contributed by atoms with Gasteiger partial charge in [-0.3, -0.25) is 4.79 Å². The third-order valence-corrected chi connectivity index (χ3v) is 2.18. The van der Waals surface area contributed by atoms with Gasteiger partial charge >= 0.3 is 6.18 Å². The lowest BCUT2D eigenvalue weighted by atomic mass is 10.4. The van der Waals surface area contributed by atoms with E-state index in [-0.39, 0.29) is 10.8 Å². The van der Waals surface area contributed by atoms with Gasteiger partial charge < -0.3 is 10.6 Å². The van der Waals surface area contributed by atoms with Crippen LogP contribution in [0.1, 0.15) is 10.5 Å². The number of thiazole rings is 1. The molecule has 2 N–H and O–H groups in total. The number of anilines is 1. The lowest BCUT2D eigenvalue weighted by Gasteiger charge is -2.17. The van der Waals surface area contributed by atoms with E-state index in [0.29, 0.717) is 4.90 Å². The van der Waals surface area contributed by atoms with Crippen LogP contribution in [0.25, 0.3) is 0 Å². The van der Waals surface area contributed by atoms with E-state index >= 15 is 0 Å². The molecule has 4 nitrogen and oxygen atoms in total. The van der Waals surface area contributed by atoms with Crippen molar-refractivity contribution in [3.8, 4) is 0 Å². The van der Waals surface area contributed by atoms with Crippen molar-refractivity contribution in [2.24, 2.45) is 0 Å². The zero-order chi connectivity index (χ0) is 11.6. The van der Waals surface area contributed by atoms with Crippen LogP contribution in [0.4, 0.5) is 18.3 Å². The average Bonchev–Trinajstić information content (AvgIpc) is 2.47. The van der Waals surface area contributed by atoms with Crippen LogP contribution in [0.15, 0.2) is 5.38 Å². The minimum absolute atomic E-state index is 0.0655. The van der Waals surface area contributed by atoms with E-state index in [0.717, 1.165) is 18.4 Å². The van der Waals surface area contributed by atoms with Gasteiger partial charge in [0.1, 0.15) is 12.2 Å². The lowest BCUT2D eigenvalue weighted by Crippen LogP contribution is -2.35. The third-order valence-electron chi connectivity index (χ3n) is 1.50. The summed E-state index contributed by atoms with van der Waals surface area (Å²) in [5.74, 6) is -0.791. The first-order chi connectivity index (χ1) is 6.79. The highest BCUT2D eigenvalue weighted by molar-refractivity contribution is 7.13. The standard InChI is InChI=1S/C7H8F3N3OS/c1-13(3-7(8,9)10)5(14)4-2-15-6(11)12-4/h2H,3H2,1H3,(H2,11,12). The van der Waals surface area contributed by atoms with E-state index in [1.807, 2.05) is 0 Å². The highest BCUT2D eigenvalue weighted by Crippen LogP contribution is 2.18. The number of amides is 1. The number of aromatic nitrogens is 1. The first-order valence-electron chi connectivity index (χ1n) is 3.83. The molecular formula is C7H8F3N3OS. The summed E-state index contributed by atoms with van der Waals surface area (Å²) >= 11 is 1.01. The molecule has 0 aliphatic heterocycles. The molecule has 0 aromatic carbocycles. The Morgan fingerprint density at radius 1 is 1.67 bits per heavy atom. The van der Waals surface area contributed by atoms with E-state index in [1.165, 1.54) is 5.38 Å². The predicted octanol–water partition coefficient (Wildman–Crippen LogP) is 1.36. The largest absolute Gasteiger partial charge is 0.406 e. The highest BCUT2D eigenvalue weighted by atomic mass is 32.1. The summed E-state index contributed by atoms with van der Waals surface area (Å²) in [7, 11) is 1.06. The van der Waals surface area contributed by atoms with Crippen molar-refractivity contribution in [1.82, 2.24) is 9.88 Å². The van der Waals surface area contributed by atoms with Crippen LogP contribution < -0.4 is 5.73 Å². The molecule has 1 heterocycles. The fraction of sp³-hybridized carbons (Fsp3) is 0.429. The minimum Gasteiger partial charge on any atom is -0.375 e. The van der Waals surface area contributed by atoms with Crippen LogP contribution >= 0.6 is 11.3 Å². The Bertz CT molecular complexity index is 363. The minimum atomic E-state index is -4.41. The topological polar surface area (TPSA) is 59.2 Å². The number of rotatable bonds is 2. The molecular weight excluding hydrogens is 231 g/mol. The van der Waals surface area contributed by atoms with Gasteiger partial charge in [-0.1, -0.05) is 0 Å². The molecule has 15 heavy (non-hydrogen) atoms. The second-order valence-corrected chi connectivity index (χ2v) is 3.74. The molecule has 0 spiro atoms. The lowest BCUT2D eigenvalue weighted by molar-refractivity contribution is -0.138. The number of nitrogens with two attached hydrogens (primary N) is 1. The number of carbonyl (C=O) groups excluding carboxylic acids is 1. The summed E-state index contributed by atoms with van der Waals surface area (Å²) in [5, 5.41) is 1.48. The molecule has 0 aliphatic carbocycles. The van der Waals surface area contributed by atoms with E-state index in [1.54, 1.807) is 0 Å². The number of halogens is 3. The summed E-state index contributed by atoms with van der Waals surface area (Å²) in [6, 6.07) is 0.